The summed E-state index contributed by atoms with van der Waals surface area (Å²) in [6.07, 6.45) is 1.34. The smallest absolute Gasteiger partial charge is 0.295 e. The van der Waals surface area contributed by atoms with Gasteiger partial charge < -0.3 is 9.84 Å². The summed E-state index contributed by atoms with van der Waals surface area (Å²) < 4.78 is 33.2. The second-order valence-electron chi connectivity index (χ2n) is 7.33. The molecule has 11 heteroatoms. The van der Waals surface area contributed by atoms with E-state index in [-0.39, 0.29) is 22.0 Å². The van der Waals surface area contributed by atoms with E-state index < -0.39 is 20.6 Å². The molecule has 0 aliphatic carbocycles. The summed E-state index contributed by atoms with van der Waals surface area (Å²) in [5.41, 5.74) is 2.67. The minimum Gasteiger partial charge on any atom is -0.507 e. The molecule has 4 rings (SSSR count). The second-order valence-corrected chi connectivity index (χ2v) is 9.01. The first-order chi connectivity index (χ1) is 16.8. The number of methoxy groups -OCH3 is 1. The van der Waals surface area contributed by atoms with Crippen molar-refractivity contribution in [1.82, 2.24) is 0 Å². The Balaban J connectivity index is 1.62. The molecule has 178 valence electrons. The van der Waals surface area contributed by atoms with Crippen LogP contribution in [0, 0.1) is 10.1 Å². The quantitative estimate of drug-likeness (QED) is 0.184. The Hall–Kier alpha value is -4.64. The lowest BCUT2D eigenvalue weighted by atomic mass is 10.0. The van der Waals surface area contributed by atoms with Gasteiger partial charge in [-0.05, 0) is 41.1 Å². The molecule has 35 heavy (non-hydrogen) atoms. The van der Waals surface area contributed by atoms with Crippen LogP contribution in [0.3, 0.4) is 0 Å². The molecule has 0 unspecified atom stereocenters. The highest BCUT2D eigenvalue weighted by molar-refractivity contribution is 7.92. The van der Waals surface area contributed by atoms with Crippen molar-refractivity contribution in [1.29, 1.82) is 0 Å². The molecule has 4 aromatic carbocycles. The maximum absolute atomic E-state index is 12.8. The van der Waals surface area contributed by atoms with Gasteiger partial charge in [0, 0.05) is 11.6 Å². The van der Waals surface area contributed by atoms with Gasteiger partial charge in [0.2, 0.25) is 0 Å². The lowest BCUT2D eigenvalue weighted by molar-refractivity contribution is -0.384. The van der Waals surface area contributed by atoms with Gasteiger partial charge in [0.15, 0.2) is 0 Å². The van der Waals surface area contributed by atoms with E-state index >= 15 is 0 Å². The van der Waals surface area contributed by atoms with Gasteiger partial charge in [-0.3, -0.25) is 20.3 Å². The Morgan fingerprint density at radius 2 is 1.74 bits per heavy atom. The number of nitrogens with zero attached hydrogens (tertiary/aromatic N) is 2. The van der Waals surface area contributed by atoms with E-state index in [0.717, 1.165) is 16.8 Å². The highest BCUT2D eigenvalue weighted by Crippen LogP contribution is 2.31. The fourth-order valence-corrected chi connectivity index (χ4v) is 4.53. The SMILES string of the molecule is COc1ccccc1NS(=O)(=O)c1ccc(N/N=C\c2c(O)ccc3ccccc23)c([N+](=O)[O-])c1. The molecule has 0 bridgehead atoms. The number of ether oxygens (including phenoxy) is 1. The van der Waals surface area contributed by atoms with Gasteiger partial charge in [-0.25, -0.2) is 8.42 Å². The molecule has 0 spiro atoms. The number of sulfonamides is 1. The van der Waals surface area contributed by atoms with Gasteiger partial charge in [0.1, 0.15) is 17.2 Å². The highest BCUT2D eigenvalue weighted by atomic mass is 32.2. The maximum atomic E-state index is 12.8. The van der Waals surface area contributed by atoms with Crippen LogP contribution < -0.4 is 14.9 Å². The number of hydrogen-bond donors (Lipinski definition) is 3. The predicted molar refractivity (Wildman–Crippen MR) is 134 cm³/mol. The summed E-state index contributed by atoms with van der Waals surface area (Å²) in [5, 5.41) is 27.5. The van der Waals surface area contributed by atoms with Crippen LogP contribution in [-0.4, -0.2) is 31.8 Å². The first-order valence-electron chi connectivity index (χ1n) is 10.2. The van der Waals surface area contributed by atoms with Crippen molar-refractivity contribution in [2.75, 3.05) is 17.3 Å². The van der Waals surface area contributed by atoms with Gasteiger partial charge in [-0.1, -0.05) is 42.5 Å². The van der Waals surface area contributed by atoms with E-state index in [0.29, 0.717) is 11.3 Å². The van der Waals surface area contributed by atoms with E-state index in [1.165, 1.54) is 37.6 Å². The Bertz CT molecular complexity index is 1550. The summed E-state index contributed by atoms with van der Waals surface area (Å²) in [4.78, 5) is 10.6. The van der Waals surface area contributed by atoms with Crippen molar-refractivity contribution in [2.24, 2.45) is 5.10 Å². The molecule has 0 aliphatic rings. The number of nitrogens with one attached hydrogen (secondary N) is 2. The van der Waals surface area contributed by atoms with Gasteiger partial charge in [-0.15, -0.1) is 0 Å². The molecule has 0 radical (unpaired) electrons. The lowest BCUT2D eigenvalue weighted by Crippen LogP contribution is -2.14. The molecule has 10 nitrogen and oxygen atoms in total. The number of fused-ring (bicyclic) bond motifs is 1. The standard InChI is InChI=1S/C24H20N4O6S/c1-34-24-9-5-4-8-21(24)27-35(32,33)17-11-12-20(22(14-17)28(30)31)26-25-15-19-18-7-3-2-6-16(18)10-13-23(19)29/h2-15,26-27,29H,1H3/b25-15-. The van der Waals surface area contributed by atoms with Crippen LogP contribution in [0.2, 0.25) is 0 Å². The summed E-state index contributed by atoms with van der Waals surface area (Å²) in [6, 6.07) is 20.5. The molecule has 3 N–H and O–H groups in total. The number of rotatable bonds is 8. The Labute approximate surface area is 200 Å². The number of para-hydroxylation sites is 2. The molecular weight excluding hydrogens is 472 g/mol. The average Bonchev–Trinajstić information content (AvgIpc) is 2.85. The van der Waals surface area contributed by atoms with Crippen molar-refractivity contribution < 1.29 is 23.2 Å². The van der Waals surface area contributed by atoms with Crippen molar-refractivity contribution in [2.45, 2.75) is 4.90 Å². The fourth-order valence-electron chi connectivity index (χ4n) is 3.44. The zero-order chi connectivity index (χ0) is 25.0. The first-order valence-corrected chi connectivity index (χ1v) is 11.7. The number of benzene rings is 4. The highest BCUT2D eigenvalue weighted by Gasteiger charge is 2.22. The maximum Gasteiger partial charge on any atom is 0.295 e. The molecule has 0 amide bonds. The minimum atomic E-state index is -4.15. The zero-order valence-electron chi connectivity index (χ0n) is 18.4. The lowest BCUT2D eigenvalue weighted by Gasteiger charge is -2.12. The van der Waals surface area contributed by atoms with Crippen LogP contribution in [0.15, 0.2) is 88.9 Å². The number of anilines is 2. The molecule has 0 saturated carbocycles. The Morgan fingerprint density at radius 1 is 1.00 bits per heavy atom. The van der Waals surface area contributed by atoms with E-state index in [9.17, 15) is 23.6 Å². The molecule has 0 fully saturated rings. The van der Waals surface area contributed by atoms with Crippen LogP contribution in [0.4, 0.5) is 17.1 Å². The molecule has 0 aromatic heterocycles. The largest absolute Gasteiger partial charge is 0.507 e. The molecule has 0 heterocycles. The topological polar surface area (TPSA) is 143 Å². The minimum absolute atomic E-state index is 0.00685. The summed E-state index contributed by atoms with van der Waals surface area (Å²) in [7, 11) is -2.75. The number of phenols is 1. The number of nitro benzene ring substituents is 1. The van der Waals surface area contributed by atoms with Crippen molar-refractivity contribution >= 4 is 44.1 Å². The summed E-state index contributed by atoms with van der Waals surface area (Å²) >= 11 is 0. The number of phenolic OH excluding ortho intramolecular Hbond substituents is 1. The van der Waals surface area contributed by atoms with Crippen LogP contribution >= 0.6 is 0 Å². The fraction of sp³-hybridized carbons (Fsp3) is 0.0417. The average molecular weight is 493 g/mol. The number of hydrogen-bond acceptors (Lipinski definition) is 8. The zero-order valence-corrected chi connectivity index (χ0v) is 19.2. The molecular formula is C24H20N4O6S. The van der Waals surface area contributed by atoms with Crippen molar-refractivity contribution in [3.63, 3.8) is 0 Å². The van der Waals surface area contributed by atoms with Gasteiger partial charge >= 0.3 is 0 Å². The van der Waals surface area contributed by atoms with E-state index in [2.05, 4.69) is 15.2 Å². The van der Waals surface area contributed by atoms with E-state index in [4.69, 9.17) is 4.74 Å². The van der Waals surface area contributed by atoms with Crippen molar-refractivity contribution in [3.8, 4) is 11.5 Å². The number of aromatic hydroxyl groups is 1. The van der Waals surface area contributed by atoms with Crippen LogP contribution in [0.25, 0.3) is 10.8 Å². The normalized spacial score (nSPS) is 11.5. The number of nitro groups is 1. The first kappa shape index (κ1) is 23.5. The van der Waals surface area contributed by atoms with E-state index in [1.54, 1.807) is 24.3 Å². The predicted octanol–water partition coefficient (Wildman–Crippen LogP) is 4.71. The number of hydrazone groups is 1. The van der Waals surface area contributed by atoms with Crippen LogP contribution in [0.1, 0.15) is 5.56 Å². The van der Waals surface area contributed by atoms with Gasteiger partial charge in [0.25, 0.3) is 15.7 Å². The third-order valence-electron chi connectivity index (χ3n) is 5.15. The molecule has 0 saturated heterocycles. The van der Waals surface area contributed by atoms with Crippen LogP contribution in [-0.2, 0) is 10.0 Å². The third kappa shape index (κ3) is 4.99. The molecule has 0 atom stereocenters. The molecule has 4 aromatic rings. The Morgan fingerprint density at radius 3 is 2.51 bits per heavy atom. The third-order valence-corrected chi connectivity index (χ3v) is 6.52. The Kier molecular flexibility index (Phi) is 6.51. The van der Waals surface area contributed by atoms with Gasteiger partial charge in [-0.2, -0.15) is 5.10 Å². The van der Waals surface area contributed by atoms with Gasteiger partial charge in [0.05, 0.1) is 28.8 Å². The van der Waals surface area contributed by atoms with Crippen LogP contribution in [0.5, 0.6) is 11.5 Å². The molecule has 0 aliphatic heterocycles. The summed E-state index contributed by atoms with van der Waals surface area (Å²) in [6.45, 7) is 0. The summed E-state index contributed by atoms with van der Waals surface area (Å²) in [5.74, 6) is 0.294. The van der Waals surface area contributed by atoms with Crippen molar-refractivity contribution in [3.05, 3.63) is 94.5 Å². The monoisotopic (exact) mass is 492 g/mol. The van der Waals surface area contributed by atoms with E-state index in [1.807, 2.05) is 24.3 Å². The second kappa shape index (κ2) is 9.69.